The van der Waals surface area contributed by atoms with Crippen LogP contribution in [0.2, 0.25) is 0 Å². The van der Waals surface area contributed by atoms with Gasteiger partial charge in [0.25, 0.3) is 0 Å². The van der Waals surface area contributed by atoms with Gasteiger partial charge in [0.2, 0.25) is 0 Å². The molecule has 1 aliphatic rings. The van der Waals surface area contributed by atoms with Crippen LogP contribution in [0.3, 0.4) is 0 Å². The summed E-state index contributed by atoms with van der Waals surface area (Å²) in [6, 6.07) is 4.73. The van der Waals surface area contributed by atoms with Crippen LogP contribution in [0.25, 0.3) is 0 Å². The van der Waals surface area contributed by atoms with E-state index >= 15 is 0 Å². The highest BCUT2D eigenvalue weighted by molar-refractivity contribution is 14.0. The van der Waals surface area contributed by atoms with Gasteiger partial charge in [-0.1, -0.05) is 6.07 Å². The van der Waals surface area contributed by atoms with Crippen LogP contribution in [0.15, 0.2) is 22.5 Å². The molecule has 22 heavy (non-hydrogen) atoms. The maximum absolute atomic E-state index is 5.94. The van der Waals surface area contributed by atoms with Gasteiger partial charge < -0.3 is 15.8 Å². The number of methoxy groups -OCH3 is 1. The normalized spacial score (nSPS) is 19.1. The molecule has 1 fully saturated rings. The van der Waals surface area contributed by atoms with Crippen LogP contribution >= 0.6 is 35.3 Å². The van der Waals surface area contributed by atoms with Gasteiger partial charge in [-0.05, 0) is 37.3 Å². The second-order valence-electron chi connectivity index (χ2n) is 5.31. The van der Waals surface area contributed by atoms with E-state index in [9.17, 15) is 0 Å². The fourth-order valence-electron chi connectivity index (χ4n) is 2.63. The Labute approximate surface area is 154 Å². The van der Waals surface area contributed by atoms with Crippen LogP contribution in [0.4, 0.5) is 0 Å². The zero-order valence-electron chi connectivity index (χ0n) is 13.2. The lowest BCUT2D eigenvalue weighted by molar-refractivity contribution is 0.143. The summed E-state index contributed by atoms with van der Waals surface area (Å²) in [4.78, 5) is 8.31. The van der Waals surface area contributed by atoms with Crippen molar-refractivity contribution in [1.29, 1.82) is 0 Å². The molecule has 126 valence electrons. The van der Waals surface area contributed by atoms with Crippen molar-refractivity contribution in [3.05, 3.63) is 22.4 Å². The van der Waals surface area contributed by atoms with Crippen molar-refractivity contribution >= 4 is 41.3 Å². The van der Waals surface area contributed by atoms with Crippen LogP contribution in [-0.2, 0) is 11.2 Å². The number of likely N-dealkylation sites (tertiary alicyclic amines) is 1. The van der Waals surface area contributed by atoms with E-state index in [2.05, 4.69) is 32.7 Å². The molecule has 1 aromatic heterocycles. The van der Waals surface area contributed by atoms with Crippen molar-refractivity contribution in [2.75, 3.05) is 39.9 Å². The number of ether oxygens (including phenoxy) is 1. The van der Waals surface area contributed by atoms with E-state index < -0.39 is 0 Å². The van der Waals surface area contributed by atoms with E-state index in [0.717, 1.165) is 39.2 Å². The first-order valence-corrected chi connectivity index (χ1v) is 8.46. The Morgan fingerprint density at radius 3 is 3.18 bits per heavy atom. The summed E-state index contributed by atoms with van der Waals surface area (Å²) >= 11 is 1.78. The number of nitrogens with two attached hydrogens (primary N) is 1. The average molecular weight is 438 g/mol. The third kappa shape index (κ3) is 6.80. The molecule has 1 unspecified atom stereocenters. The number of nitrogens with zero attached hydrogens (tertiary/aromatic N) is 2. The van der Waals surface area contributed by atoms with E-state index in [1.807, 2.05) is 0 Å². The number of aliphatic imine (C=N–C) groups is 1. The Kier molecular flexibility index (Phi) is 10.0. The Morgan fingerprint density at radius 1 is 1.59 bits per heavy atom. The lowest BCUT2D eigenvalue weighted by atomic mass is 10.2. The van der Waals surface area contributed by atoms with Gasteiger partial charge in [-0.2, -0.15) is 0 Å². The molecule has 5 nitrogen and oxygen atoms in total. The van der Waals surface area contributed by atoms with Gasteiger partial charge in [-0.3, -0.25) is 9.89 Å². The summed E-state index contributed by atoms with van der Waals surface area (Å²) in [5.41, 5.74) is 5.94. The van der Waals surface area contributed by atoms with Crippen LogP contribution in [0.1, 0.15) is 17.7 Å². The van der Waals surface area contributed by atoms with Crippen molar-refractivity contribution in [2.45, 2.75) is 25.3 Å². The van der Waals surface area contributed by atoms with Crippen LogP contribution in [0, 0.1) is 0 Å². The first-order valence-electron chi connectivity index (χ1n) is 7.58. The van der Waals surface area contributed by atoms with E-state index in [-0.39, 0.29) is 24.0 Å². The highest BCUT2D eigenvalue weighted by Gasteiger charge is 2.23. The van der Waals surface area contributed by atoms with Gasteiger partial charge >= 0.3 is 0 Å². The summed E-state index contributed by atoms with van der Waals surface area (Å²) in [7, 11) is 1.75. The van der Waals surface area contributed by atoms with E-state index in [4.69, 9.17) is 10.5 Å². The fraction of sp³-hybridized carbons (Fsp3) is 0.667. The van der Waals surface area contributed by atoms with Crippen LogP contribution < -0.4 is 11.1 Å². The zero-order chi connectivity index (χ0) is 14.9. The Morgan fingerprint density at radius 2 is 2.45 bits per heavy atom. The Balaban J connectivity index is 0.00000242. The van der Waals surface area contributed by atoms with E-state index in [1.165, 1.54) is 17.7 Å². The lowest BCUT2D eigenvalue weighted by Crippen LogP contribution is -2.37. The van der Waals surface area contributed by atoms with Crippen molar-refractivity contribution in [3.8, 4) is 0 Å². The molecule has 2 rings (SSSR count). The zero-order valence-corrected chi connectivity index (χ0v) is 16.3. The topological polar surface area (TPSA) is 62.9 Å². The first-order chi connectivity index (χ1) is 10.3. The molecule has 1 saturated heterocycles. The fourth-order valence-corrected chi connectivity index (χ4v) is 3.34. The van der Waals surface area contributed by atoms with Crippen molar-refractivity contribution in [3.63, 3.8) is 0 Å². The quantitative estimate of drug-likeness (QED) is 0.370. The third-order valence-corrected chi connectivity index (χ3v) is 4.75. The molecule has 1 aliphatic heterocycles. The molecule has 1 aromatic rings. The molecule has 1 atom stereocenters. The van der Waals surface area contributed by atoms with Crippen molar-refractivity contribution in [1.82, 2.24) is 10.2 Å². The van der Waals surface area contributed by atoms with Gasteiger partial charge in [0.05, 0.1) is 13.2 Å². The molecule has 0 radical (unpaired) electrons. The molecule has 0 amide bonds. The van der Waals surface area contributed by atoms with Crippen LogP contribution in [0.5, 0.6) is 0 Å². The molecule has 0 saturated carbocycles. The van der Waals surface area contributed by atoms with Gasteiger partial charge in [0.15, 0.2) is 5.96 Å². The minimum atomic E-state index is 0. The van der Waals surface area contributed by atoms with Gasteiger partial charge in [-0.15, -0.1) is 35.3 Å². The van der Waals surface area contributed by atoms with Crippen molar-refractivity contribution in [2.24, 2.45) is 10.7 Å². The standard InChI is InChI=1S/C15H26N4OS.HI/c1-20-10-9-19-8-2-4-13(19)12-18-15(16)17-7-6-14-5-3-11-21-14;/h3,5,11,13H,2,4,6-10,12H2,1H3,(H3,16,17,18);1H. The third-order valence-electron chi connectivity index (χ3n) is 3.81. The summed E-state index contributed by atoms with van der Waals surface area (Å²) in [6.07, 6.45) is 3.45. The predicted molar refractivity (Wildman–Crippen MR) is 104 cm³/mol. The first kappa shape index (κ1) is 19.7. The molecule has 7 heteroatoms. The smallest absolute Gasteiger partial charge is 0.188 e. The van der Waals surface area contributed by atoms with Gasteiger partial charge in [0.1, 0.15) is 0 Å². The maximum atomic E-state index is 5.94. The summed E-state index contributed by atoms with van der Waals surface area (Å²) in [5.74, 6) is 0.560. The second-order valence-corrected chi connectivity index (χ2v) is 6.34. The average Bonchev–Trinajstić information content (AvgIpc) is 3.14. The minimum absolute atomic E-state index is 0. The lowest BCUT2D eigenvalue weighted by Gasteiger charge is -2.22. The summed E-state index contributed by atoms with van der Waals surface area (Å²) < 4.78 is 5.15. The number of halogens is 1. The molecule has 0 aliphatic carbocycles. The molecule has 0 bridgehead atoms. The largest absolute Gasteiger partial charge is 0.383 e. The number of thiophene rings is 1. The van der Waals surface area contributed by atoms with E-state index in [0.29, 0.717) is 12.0 Å². The van der Waals surface area contributed by atoms with Gasteiger partial charge in [-0.25, -0.2) is 0 Å². The van der Waals surface area contributed by atoms with Crippen molar-refractivity contribution < 1.29 is 4.74 Å². The molecule has 0 aromatic carbocycles. The van der Waals surface area contributed by atoms with E-state index in [1.54, 1.807) is 18.4 Å². The molecular weight excluding hydrogens is 411 g/mol. The summed E-state index contributed by atoms with van der Waals surface area (Å²) in [6.45, 7) is 4.54. The number of hydrogen-bond donors (Lipinski definition) is 2. The molecule has 2 heterocycles. The Hall–Kier alpha value is -0.380. The number of rotatable bonds is 8. The van der Waals surface area contributed by atoms with Crippen LogP contribution in [-0.4, -0.2) is 56.8 Å². The SMILES string of the molecule is COCCN1CCCC1CN=C(N)NCCc1cccs1.I. The second kappa shape index (κ2) is 11.2. The number of hydrogen-bond acceptors (Lipinski definition) is 4. The van der Waals surface area contributed by atoms with Gasteiger partial charge in [0, 0.05) is 31.1 Å². The number of nitrogens with one attached hydrogen (secondary N) is 1. The summed E-state index contributed by atoms with van der Waals surface area (Å²) in [5, 5.41) is 5.29. The molecule has 0 spiro atoms. The predicted octanol–water partition coefficient (Wildman–Crippen LogP) is 1.92. The maximum Gasteiger partial charge on any atom is 0.188 e. The Bertz CT molecular complexity index is 427. The highest BCUT2D eigenvalue weighted by Crippen LogP contribution is 2.16. The monoisotopic (exact) mass is 438 g/mol. The minimum Gasteiger partial charge on any atom is -0.383 e. The highest BCUT2D eigenvalue weighted by atomic mass is 127. The molecule has 3 N–H and O–H groups in total. The number of guanidine groups is 1. The molecular formula is C15H27IN4OS.